The lowest BCUT2D eigenvalue weighted by molar-refractivity contribution is -0.141. The van der Waals surface area contributed by atoms with Crippen LogP contribution in [-0.2, 0) is 36.9 Å². The predicted octanol–water partition coefficient (Wildman–Crippen LogP) is 4.35. The molecule has 2 N–H and O–H groups in total. The van der Waals surface area contributed by atoms with Gasteiger partial charge in [-0.3, -0.25) is 19.2 Å². The van der Waals surface area contributed by atoms with Crippen LogP contribution in [0.15, 0.2) is 54.6 Å². The summed E-state index contributed by atoms with van der Waals surface area (Å²) in [5, 5.41) is 6.36. The molecule has 2 saturated carbocycles. The molecule has 7 rings (SSSR count). The van der Waals surface area contributed by atoms with E-state index in [0.717, 1.165) is 75.3 Å². The molecule has 4 fully saturated rings. The minimum Gasteiger partial charge on any atom is -0.445 e. The quantitative estimate of drug-likeness (QED) is 0.380. The van der Waals surface area contributed by atoms with Gasteiger partial charge in [0, 0.05) is 26.1 Å². The van der Waals surface area contributed by atoms with Crippen LogP contribution in [0.1, 0.15) is 86.9 Å². The van der Waals surface area contributed by atoms with Crippen molar-refractivity contribution in [1.29, 1.82) is 0 Å². The summed E-state index contributed by atoms with van der Waals surface area (Å²) in [6.45, 7) is 0.552. The number of carbonyl (C=O) groups excluding carboxylic acids is 5. The highest BCUT2D eigenvalue weighted by Crippen LogP contribution is 2.42. The zero-order valence-electron chi connectivity index (χ0n) is 29.6. The number of hydrogen-bond donors (Lipinski definition) is 2. The molecule has 5 atom stereocenters. The molecule has 5 amide bonds. The summed E-state index contributed by atoms with van der Waals surface area (Å²) in [7, 11) is 1.51. The highest BCUT2D eigenvalue weighted by molar-refractivity contribution is 5.92. The van der Waals surface area contributed by atoms with Gasteiger partial charge in [-0.1, -0.05) is 73.9 Å². The van der Waals surface area contributed by atoms with E-state index >= 15 is 0 Å². The maximum Gasteiger partial charge on any atom is 0.410 e. The van der Waals surface area contributed by atoms with E-state index in [1.807, 2.05) is 47.4 Å². The summed E-state index contributed by atoms with van der Waals surface area (Å²) in [5.41, 5.74) is 3.24. The third-order valence-electron chi connectivity index (χ3n) is 11.7. The van der Waals surface area contributed by atoms with Crippen LogP contribution in [0, 0.1) is 17.8 Å². The zero-order valence-corrected chi connectivity index (χ0v) is 29.6. The van der Waals surface area contributed by atoms with Crippen LogP contribution >= 0.6 is 0 Å². The Kier molecular flexibility index (Phi) is 10.6. The second-order valence-corrected chi connectivity index (χ2v) is 15.2. The van der Waals surface area contributed by atoms with Crippen LogP contribution in [0.4, 0.5) is 4.79 Å². The molecule has 272 valence electrons. The van der Waals surface area contributed by atoms with Crippen molar-refractivity contribution in [2.45, 2.75) is 101 Å². The SMILES string of the molecule is CN(CC(=O)NC(C(=O)N1CC[C@@H]2[C@H]1[C@@H](C(=O)NC1CCCc3ccccc31)CN2C(=O)C1CC1)C1CCCCC1)C(=O)OCc1ccccc1. The first kappa shape index (κ1) is 35.0. The Morgan fingerprint density at radius 3 is 2.37 bits per heavy atom. The fraction of sp³-hybridized carbons (Fsp3) is 0.575. The Labute approximate surface area is 300 Å². The standard InChI is InChI=1S/C40H51N5O6/c1-43(40(50)51-25-26-11-4-2-5-12-26)24-34(46)42-35(28-14-6-3-7-15-28)39(49)44-22-21-33-36(44)31(23-45(33)38(48)29-19-20-29)37(47)41-32-18-10-16-27-13-8-9-17-30(27)32/h2,4-5,8-9,11-13,17,28-29,31-33,35-36H,3,6-7,10,14-16,18-25H2,1H3,(H,41,47)(H,42,46)/t31-,32?,33+,35?,36+/m0/s1. The molecule has 5 aliphatic rings. The van der Waals surface area contributed by atoms with E-state index < -0.39 is 30.0 Å². The maximum absolute atomic E-state index is 14.7. The van der Waals surface area contributed by atoms with Gasteiger partial charge in [0.2, 0.25) is 23.6 Å². The molecular weight excluding hydrogens is 646 g/mol. The van der Waals surface area contributed by atoms with Crippen molar-refractivity contribution in [3.63, 3.8) is 0 Å². The van der Waals surface area contributed by atoms with Gasteiger partial charge >= 0.3 is 6.09 Å². The van der Waals surface area contributed by atoms with Crippen molar-refractivity contribution < 1.29 is 28.7 Å². The Morgan fingerprint density at radius 2 is 1.61 bits per heavy atom. The first-order chi connectivity index (χ1) is 24.8. The number of likely N-dealkylation sites (tertiary alicyclic amines) is 2. The number of nitrogens with zero attached hydrogens (tertiary/aromatic N) is 3. The molecule has 0 spiro atoms. The third kappa shape index (κ3) is 7.77. The lowest BCUT2D eigenvalue weighted by Gasteiger charge is -2.36. The number of benzene rings is 2. The number of nitrogens with one attached hydrogen (secondary N) is 2. The summed E-state index contributed by atoms with van der Waals surface area (Å²) in [6.07, 6.45) is 9.19. The van der Waals surface area contributed by atoms with Gasteiger partial charge in [-0.05, 0) is 74.0 Å². The average Bonchev–Trinajstić information content (AvgIpc) is 3.81. The fourth-order valence-corrected chi connectivity index (χ4v) is 8.93. The van der Waals surface area contributed by atoms with E-state index in [2.05, 4.69) is 22.8 Å². The van der Waals surface area contributed by atoms with Crippen LogP contribution in [0.25, 0.3) is 0 Å². The van der Waals surface area contributed by atoms with Crippen molar-refractivity contribution in [3.8, 4) is 0 Å². The second-order valence-electron chi connectivity index (χ2n) is 15.2. The zero-order chi connectivity index (χ0) is 35.5. The smallest absolute Gasteiger partial charge is 0.410 e. The van der Waals surface area contributed by atoms with Crippen LogP contribution in [0.5, 0.6) is 0 Å². The van der Waals surface area contributed by atoms with Crippen molar-refractivity contribution in [2.75, 3.05) is 26.7 Å². The number of likely N-dealkylation sites (N-methyl/N-ethyl adjacent to an activating group) is 1. The Balaban J connectivity index is 1.07. The molecule has 3 aliphatic carbocycles. The highest BCUT2D eigenvalue weighted by Gasteiger charge is 2.56. The summed E-state index contributed by atoms with van der Waals surface area (Å²) < 4.78 is 5.41. The molecule has 0 radical (unpaired) electrons. The monoisotopic (exact) mass is 697 g/mol. The summed E-state index contributed by atoms with van der Waals surface area (Å²) >= 11 is 0. The molecule has 2 aromatic rings. The van der Waals surface area contributed by atoms with Crippen molar-refractivity contribution in [1.82, 2.24) is 25.3 Å². The van der Waals surface area contributed by atoms with E-state index in [9.17, 15) is 24.0 Å². The largest absolute Gasteiger partial charge is 0.445 e. The molecule has 0 aromatic heterocycles. The molecule has 2 saturated heterocycles. The van der Waals surface area contributed by atoms with Crippen molar-refractivity contribution in [2.24, 2.45) is 17.8 Å². The number of fused-ring (bicyclic) bond motifs is 2. The number of rotatable bonds is 10. The predicted molar refractivity (Wildman–Crippen MR) is 190 cm³/mol. The van der Waals surface area contributed by atoms with Crippen molar-refractivity contribution >= 4 is 29.7 Å². The highest BCUT2D eigenvalue weighted by atomic mass is 16.6. The Hall–Kier alpha value is -4.41. The van der Waals surface area contributed by atoms with Crippen LogP contribution < -0.4 is 10.6 Å². The number of aryl methyl sites for hydroxylation is 1. The number of ether oxygens (including phenoxy) is 1. The van der Waals surface area contributed by atoms with E-state index in [0.29, 0.717) is 19.5 Å². The molecule has 2 aliphatic heterocycles. The number of amides is 5. The summed E-state index contributed by atoms with van der Waals surface area (Å²) in [5.74, 6) is -1.27. The Morgan fingerprint density at radius 1 is 0.863 bits per heavy atom. The van der Waals surface area contributed by atoms with Gasteiger partial charge in [0.15, 0.2) is 0 Å². The number of hydrogen-bond acceptors (Lipinski definition) is 6. The van der Waals surface area contributed by atoms with Gasteiger partial charge in [0.1, 0.15) is 19.2 Å². The van der Waals surface area contributed by atoms with E-state index in [1.54, 1.807) is 4.90 Å². The normalized spacial score (nSPS) is 25.0. The topological polar surface area (TPSA) is 128 Å². The second kappa shape index (κ2) is 15.5. The molecule has 11 heteroatoms. The van der Waals surface area contributed by atoms with Gasteiger partial charge in [-0.25, -0.2) is 4.79 Å². The van der Waals surface area contributed by atoms with Gasteiger partial charge in [-0.2, -0.15) is 0 Å². The van der Waals surface area contributed by atoms with E-state index in [1.165, 1.54) is 17.5 Å². The molecule has 2 aromatic carbocycles. The fourth-order valence-electron chi connectivity index (χ4n) is 8.93. The molecule has 51 heavy (non-hydrogen) atoms. The summed E-state index contributed by atoms with van der Waals surface area (Å²) in [4.78, 5) is 73.7. The van der Waals surface area contributed by atoms with E-state index in [-0.39, 0.29) is 54.8 Å². The third-order valence-corrected chi connectivity index (χ3v) is 11.7. The van der Waals surface area contributed by atoms with Gasteiger partial charge < -0.3 is 30.1 Å². The minimum atomic E-state index is -0.785. The molecule has 0 bridgehead atoms. The average molecular weight is 698 g/mol. The molecule has 2 heterocycles. The molecule has 2 unspecified atom stereocenters. The lowest BCUT2D eigenvalue weighted by Crippen LogP contribution is -2.57. The van der Waals surface area contributed by atoms with Crippen LogP contribution in [0.2, 0.25) is 0 Å². The Bertz CT molecular complexity index is 1610. The van der Waals surface area contributed by atoms with Gasteiger partial charge in [-0.15, -0.1) is 0 Å². The number of carbonyl (C=O) groups is 5. The first-order valence-corrected chi connectivity index (χ1v) is 19.0. The lowest BCUT2D eigenvalue weighted by atomic mass is 9.83. The van der Waals surface area contributed by atoms with Gasteiger partial charge in [0.05, 0.1) is 24.0 Å². The molecule has 11 nitrogen and oxygen atoms in total. The van der Waals surface area contributed by atoms with Crippen molar-refractivity contribution in [3.05, 3.63) is 71.3 Å². The van der Waals surface area contributed by atoms with Crippen LogP contribution in [-0.4, -0.2) is 89.2 Å². The molecular formula is C40H51N5O6. The maximum atomic E-state index is 14.7. The minimum absolute atomic E-state index is 0.00748. The van der Waals surface area contributed by atoms with Gasteiger partial charge in [0.25, 0.3) is 0 Å². The van der Waals surface area contributed by atoms with E-state index in [4.69, 9.17) is 4.74 Å². The van der Waals surface area contributed by atoms with Crippen LogP contribution in [0.3, 0.4) is 0 Å². The first-order valence-electron chi connectivity index (χ1n) is 19.0. The summed E-state index contributed by atoms with van der Waals surface area (Å²) in [6, 6.07) is 16.0.